The molecule has 7 heteroatoms. The van der Waals surface area contributed by atoms with Crippen molar-refractivity contribution in [1.82, 2.24) is 19.7 Å². The highest BCUT2D eigenvalue weighted by atomic mass is 35.5. The molecule has 0 radical (unpaired) electrons. The second-order valence-corrected chi connectivity index (χ2v) is 7.90. The smallest absolute Gasteiger partial charge is 0.389 e. The van der Waals surface area contributed by atoms with Gasteiger partial charge >= 0.3 is 6.09 Å². The number of carbonyl (C=O) groups is 1. The third-order valence-corrected chi connectivity index (χ3v) is 5.86. The van der Waals surface area contributed by atoms with Gasteiger partial charge in [0, 0.05) is 30.5 Å². The van der Waals surface area contributed by atoms with Crippen molar-refractivity contribution in [3.8, 4) is 22.7 Å². The Morgan fingerprint density at radius 3 is 2.62 bits per heavy atom. The van der Waals surface area contributed by atoms with Crippen LogP contribution in [0.1, 0.15) is 30.5 Å². The number of pyridine rings is 1. The summed E-state index contributed by atoms with van der Waals surface area (Å²) >= 11 is 6.21. The number of nitrogens with zero attached hydrogens (tertiary/aromatic N) is 4. The summed E-state index contributed by atoms with van der Waals surface area (Å²) in [4.78, 5) is 18.7. The minimum Gasteiger partial charge on any atom is -0.389 e. The molecule has 1 amide bonds. The van der Waals surface area contributed by atoms with E-state index < -0.39 is 0 Å². The Morgan fingerprint density at radius 2 is 1.83 bits per heavy atom. The Bertz CT molecular complexity index is 1060. The predicted octanol–water partition coefficient (Wildman–Crippen LogP) is 4.67. The molecule has 0 unspecified atom stereocenters. The second-order valence-electron chi connectivity index (χ2n) is 7.46. The van der Waals surface area contributed by atoms with Crippen LogP contribution in [0, 0.1) is 0 Å². The van der Waals surface area contributed by atoms with E-state index in [0.29, 0.717) is 10.9 Å². The van der Waals surface area contributed by atoms with E-state index in [0.717, 1.165) is 73.3 Å². The highest BCUT2D eigenvalue weighted by Crippen LogP contribution is 2.41. The van der Waals surface area contributed by atoms with Crippen molar-refractivity contribution in [2.45, 2.75) is 32.1 Å². The van der Waals surface area contributed by atoms with Crippen LogP contribution < -0.4 is 4.74 Å². The Hall–Kier alpha value is -2.86. The normalized spacial score (nSPS) is 15.6. The van der Waals surface area contributed by atoms with Crippen LogP contribution in [-0.4, -0.2) is 38.8 Å². The molecule has 0 atom stereocenters. The maximum atomic E-state index is 12.8. The van der Waals surface area contributed by atoms with Gasteiger partial charge in [0.25, 0.3) is 5.88 Å². The quantitative estimate of drug-likeness (QED) is 0.618. The number of aryl methyl sites for hydroxylation is 1. The highest BCUT2D eigenvalue weighted by Gasteiger charge is 2.29. The highest BCUT2D eigenvalue weighted by molar-refractivity contribution is 6.30. The molecule has 1 aliphatic carbocycles. The molecule has 3 heterocycles. The lowest BCUT2D eigenvalue weighted by atomic mass is 9.89. The zero-order valence-electron chi connectivity index (χ0n) is 16.0. The van der Waals surface area contributed by atoms with Crippen molar-refractivity contribution in [2.24, 2.45) is 0 Å². The topological polar surface area (TPSA) is 60.2 Å². The van der Waals surface area contributed by atoms with Crippen molar-refractivity contribution < 1.29 is 9.53 Å². The van der Waals surface area contributed by atoms with E-state index in [9.17, 15) is 4.79 Å². The molecular weight excluding hydrogens is 388 g/mol. The zero-order valence-corrected chi connectivity index (χ0v) is 16.7. The van der Waals surface area contributed by atoms with Gasteiger partial charge in [-0.15, -0.1) is 5.10 Å². The van der Waals surface area contributed by atoms with Crippen LogP contribution in [-0.2, 0) is 12.8 Å². The fraction of sp³-hybridized carbons (Fsp3) is 0.318. The number of likely N-dealkylation sites (tertiary alicyclic amines) is 1. The molecule has 0 bridgehead atoms. The summed E-state index contributed by atoms with van der Waals surface area (Å²) in [5.74, 6) is 0.357. The van der Waals surface area contributed by atoms with E-state index in [-0.39, 0.29) is 6.09 Å². The minimum absolute atomic E-state index is 0.326. The molecule has 2 aliphatic rings. The van der Waals surface area contributed by atoms with Gasteiger partial charge in [0.1, 0.15) is 0 Å². The van der Waals surface area contributed by atoms with E-state index in [4.69, 9.17) is 21.4 Å². The first kappa shape index (κ1) is 18.2. The average Bonchev–Trinajstić information content (AvgIpc) is 3.13. The molecule has 5 rings (SSSR count). The van der Waals surface area contributed by atoms with Crippen molar-refractivity contribution in [2.75, 3.05) is 13.1 Å². The molecule has 0 spiro atoms. The van der Waals surface area contributed by atoms with E-state index in [1.807, 2.05) is 35.0 Å². The van der Waals surface area contributed by atoms with Crippen LogP contribution in [0.3, 0.4) is 0 Å². The van der Waals surface area contributed by atoms with Crippen LogP contribution in [0.4, 0.5) is 4.79 Å². The van der Waals surface area contributed by atoms with E-state index in [1.165, 1.54) is 0 Å². The number of carbonyl (C=O) groups excluding carboxylic acids is 1. The lowest BCUT2D eigenvalue weighted by Crippen LogP contribution is -2.37. The number of piperidine rings is 1. The molecule has 29 heavy (non-hydrogen) atoms. The summed E-state index contributed by atoms with van der Waals surface area (Å²) in [5.41, 5.74) is 4.98. The van der Waals surface area contributed by atoms with Crippen molar-refractivity contribution in [3.63, 3.8) is 0 Å². The van der Waals surface area contributed by atoms with Crippen LogP contribution in [0.5, 0.6) is 5.88 Å². The van der Waals surface area contributed by atoms with E-state index in [2.05, 4.69) is 4.98 Å². The van der Waals surface area contributed by atoms with Gasteiger partial charge in [0.15, 0.2) is 0 Å². The lowest BCUT2D eigenvalue weighted by Gasteiger charge is -2.25. The third kappa shape index (κ3) is 3.38. The van der Waals surface area contributed by atoms with E-state index >= 15 is 0 Å². The third-order valence-electron chi connectivity index (χ3n) is 5.62. The average molecular weight is 409 g/mol. The number of rotatable bonds is 2. The standard InChI is InChI=1S/C22H21ClN4O2/c23-16-5-6-18-15(14-16)4-7-19-20(18)21(25-27(19)17-8-10-24-11-9-17)29-22(28)26-12-2-1-3-13-26/h5-6,8-11,14H,1-4,7,12-13H2. The molecule has 3 aromatic rings. The molecule has 6 nitrogen and oxygen atoms in total. The summed E-state index contributed by atoms with van der Waals surface area (Å²) in [5, 5.41) is 5.41. The summed E-state index contributed by atoms with van der Waals surface area (Å²) < 4.78 is 7.72. The Morgan fingerprint density at radius 1 is 1.03 bits per heavy atom. The summed E-state index contributed by atoms with van der Waals surface area (Å²) in [6, 6.07) is 9.66. The molecule has 0 saturated carbocycles. The number of hydrogen-bond donors (Lipinski definition) is 0. The zero-order chi connectivity index (χ0) is 19.8. The van der Waals surface area contributed by atoms with Gasteiger partial charge in [0.05, 0.1) is 16.9 Å². The number of benzene rings is 1. The number of amides is 1. The van der Waals surface area contributed by atoms with E-state index in [1.54, 1.807) is 17.3 Å². The maximum Gasteiger partial charge on any atom is 0.416 e. The number of hydrogen-bond acceptors (Lipinski definition) is 4. The van der Waals surface area contributed by atoms with Crippen LogP contribution >= 0.6 is 11.6 Å². The van der Waals surface area contributed by atoms with Gasteiger partial charge in [-0.25, -0.2) is 9.48 Å². The number of halogens is 1. The van der Waals surface area contributed by atoms with Gasteiger partial charge in [-0.3, -0.25) is 4.98 Å². The number of fused-ring (bicyclic) bond motifs is 3. The first-order valence-corrected chi connectivity index (χ1v) is 10.4. The fourth-order valence-electron chi connectivity index (χ4n) is 4.19. The van der Waals surface area contributed by atoms with Crippen LogP contribution in [0.25, 0.3) is 16.8 Å². The summed E-state index contributed by atoms with van der Waals surface area (Å²) in [6.07, 6.45) is 7.98. The van der Waals surface area contributed by atoms with Gasteiger partial charge in [-0.1, -0.05) is 17.7 Å². The monoisotopic (exact) mass is 408 g/mol. The molecule has 148 valence electrons. The number of aromatic nitrogens is 3. The Kier molecular flexibility index (Phi) is 4.72. The molecule has 1 saturated heterocycles. The minimum atomic E-state index is -0.326. The number of ether oxygens (including phenoxy) is 1. The SMILES string of the molecule is O=C(Oc1nn(-c2ccncc2)c2c1-c1ccc(Cl)cc1CC2)N1CCCCC1. The first-order chi connectivity index (χ1) is 14.2. The van der Waals surface area contributed by atoms with Gasteiger partial charge in [0.2, 0.25) is 0 Å². The van der Waals surface area contributed by atoms with Gasteiger partial charge in [-0.2, -0.15) is 0 Å². The lowest BCUT2D eigenvalue weighted by molar-refractivity contribution is 0.141. The van der Waals surface area contributed by atoms with Crippen molar-refractivity contribution in [1.29, 1.82) is 0 Å². The molecule has 1 fully saturated rings. The summed E-state index contributed by atoms with van der Waals surface area (Å²) in [6.45, 7) is 1.47. The first-order valence-electron chi connectivity index (χ1n) is 9.98. The Balaban J connectivity index is 1.60. The predicted molar refractivity (Wildman–Crippen MR) is 111 cm³/mol. The van der Waals surface area contributed by atoms with Crippen molar-refractivity contribution >= 4 is 17.7 Å². The van der Waals surface area contributed by atoms with Gasteiger partial charge in [-0.05, 0) is 67.5 Å². The molecule has 2 aromatic heterocycles. The molecule has 1 aromatic carbocycles. The van der Waals surface area contributed by atoms with Crippen LogP contribution in [0.2, 0.25) is 5.02 Å². The van der Waals surface area contributed by atoms with Crippen LogP contribution in [0.15, 0.2) is 42.7 Å². The molecule has 1 aliphatic heterocycles. The maximum absolute atomic E-state index is 12.8. The fourth-order valence-corrected chi connectivity index (χ4v) is 4.39. The Labute approximate surface area is 174 Å². The van der Waals surface area contributed by atoms with Gasteiger partial charge < -0.3 is 9.64 Å². The molecule has 0 N–H and O–H groups in total. The largest absolute Gasteiger partial charge is 0.416 e. The molecular formula is C22H21ClN4O2. The second kappa shape index (κ2) is 7.52. The van der Waals surface area contributed by atoms with Crippen molar-refractivity contribution in [3.05, 3.63) is 59.0 Å². The summed E-state index contributed by atoms with van der Waals surface area (Å²) in [7, 11) is 0.